The number of aromatic amines is 2. The van der Waals surface area contributed by atoms with Crippen LogP contribution in [0.5, 0.6) is 0 Å². The van der Waals surface area contributed by atoms with Crippen LogP contribution in [0.15, 0.2) is 39.9 Å². The number of nitrogens with two attached hydrogens (primary N) is 1. The fourth-order valence-electron chi connectivity index (χ4n) is 1.90. The summed E-state index contributed by atoms with van der Waals surface area (Å²) in [6.45, 7) is 0.419. The zero-order chi connectivity index (χ0) is 15.2. The average Bonchev–Trinajstić information content (AvgIpc) is 2.48. The first-order valence-electron chi connectivity index (χ1n) is 6.52. The first-order chi connectivity index (χ1) is 10.1. The van der Waals surface area contributed by atoms with Crippen LogP contribution in [-0.2, 0) is 6.42 Å². The number of benzene rings is 1. The van der Waals surface area contributed by atoms with E-state index < -0.39 is 17.2 Å². The van der Waals surface area contributed by atoms with E-state index in [1.165, 1.54) is 5.56 Å². The minimum atomic E-state index is -0.770. The van der Waals surface area contributed by atoms with Crippen LogP contribution in [-0.4, -0.2) is 22.4 Å². The normalized spacial score (nSPS) is 10.3. The highest BCUT2D eigenvalue weighted by atomic mass is 16.2. The lowest BCUT2D eigenvalue weighted by atomic mass is 10.1. The van der Waals surface area contributed by atoms with Crippen LogP contribution in [0.2, 0.25) is 0 Å². The molecule has 21 heavy (non-hydrogen) atoms. The molecule has 1 amide bonds. The molecule has 0 saturated carbocycles. The van der Waals surface area contributed by atoms with E-state index in [-0.39, 0.29) is 11.4 Å². The molecule has 1 heterocycles. The molecule has 7 heteroatoms. The second-order valence-electron chi connectivity index (χ2n) is 4.54. The van der Waals surface area contributed by atoms with Crippen LogP contribution in [0.25, 0.3) is 0 Å². The highest BCUT2D eigenvalue weighted by Crippen LogP contribution is 2.02. The molecule has 0 spiro atoms. The molecule has 2 rings (SSSR count). The molecular formula is C14H16N4O3. The fourth-order valence-corrected chi connectivity index (χ4v) is 1.90. The maximum Gasteiger partial charge on any atom is 0.326 e. The van der Waals surface area contributed by atoms with Gasteiger partial charge in [0.05, 0.1) is 0 Å². The second-order valence-corrected chi connectivity index (χ2v) is 4.54. The summed E-state index contributed by atoms with van der Waals surface area (Å²) in [6.07, 6.45) is 1.56. The van der Waals surface area contributed by atoms with Gasteiger partial charge in [-0.05, 0) is 18.4 Å². The van der Waals surface area contributed by atoms with Gasteiger partial charge in [-0.15, -0.1) is 0 Å². The van der Waals surface area contributed by atoms with E-state index >= 15 is 0 Å². The Bertz CT molecular complexity index is 734. The molecule has 1 aromatic carbocycles. The smallest absolute Gasteiger partial charge is 0.326 e. The molecule has 1 aromatic heterocycles. The lowest BCUT2D eigenvalue weighted by Crippen LogP contribution is -2.34. The number of hydrogen-bond donors (Lipinski definition) is 4. The van der Waals surface area contributed by atoms with E-state index in [4.69, 9.17) is 5.73 Å². The van der Waals surface area contributed by atoms with Gasteiger partial charge in [0.15, 0.2) is 0 Å². The number of aromatic nitrogens is 2. The third-order valence-electron chi connectivity index (χ3n) is 2.98. The number of nitrogens with one attached hydrogen (secondary N) is 3. The van der Waals surface area contributed by atoms with Crippen molar-refractivity contribution in [2.45, 2.75) is 12.8 Å². The Balaban J connectivity index is 1.91. The zero-order valence-electron chi connectivity index (χ0n) is 11.3. The highest BCUT2D eigenvalue weighted by molar-refractivity contribution is 5.96. The topological polar surface area (TPSA) is 121 Å². The van der Waals surface area contributed by atoms with Crippen molar-refractivity contribution in [3.05, 3.63) is 62.4 Å². The molecule has 0 fully saturated rings. The third kappa shape index (κ3) is 3.82. The molecule has 0 radical (unpaired) electrons. The predicted molar refractivity (Wildman–Crippen MR) is 79.2 cm³/mol. The van der Waals surface area contributed by atoms with Gasteiger partial charge in [-0.3, -0.25) is 14.6 Å². The number of aryl methyl sites for hydroxylation is 1. The lowest BCUT2D eigenvalue weighted by Gasteiger charge is -2.06. The van der Waals surface area contributed by atoms with E-state index in [0.717, 1.165) is 12.8 Å². The van der Waals surface area contributed by atoms with Crippen molar-refractivity contribution in [2.75, 3.05) is 12.3 Å². The minimum absolute atomic E-state index is 0.205. The summed E-state index contributed by atoms with van der Waals surface area (Å²) in [7, 11) is 0. The van der Waals surface area contributed by atoms with Crippen LogP contribution >= 0.6 is 0 Å². The summed E-state index contributed by atoms with van der Waals surface area (Å²) in [6, 6.07) is 9.87. The van der Waals surface area contributed by atoms with Crippen molar-refractivity contribution >= 4 is 11.6 Å². The molecule has 0 saturated heterocycles. The predicted octanol–water partition coefficient (Wildman–Crippen LogP) is 0.00800. The molecule has 0 unspecified atom stereocenters. The van der Waals surface area contributed by atoms with Crippen molar-refractivity contribution in [3.63, 3.8) is 0 Å². The number of carbonyl (C=O) groups is 1. The van der Waals surface area contributed by atoms with Crippen LogP contribution in [0, 0.1) is 0 Å². The first-order valence-corrected chi connectivity index (χ1v) is 6.52. The monoisotopic (exact) mass is 288 g/mol. The Morgan fingerprint density at radius 1 is 1.14 bits per heavy atom. The molecule has 0 bridgehead atoms. The Morgan fingerprint density at radius 3 is 2.57 bits per heavy atom. The van der Waals surface area contributed by atoms with Crippen LogP contribution < -0.4 is 22.3 Å². The molecule has 5 N–H and O–H groups in total. The Labute approximate surface area is 120 Å². The van der Waals surface area contributed by atoms with Crippen molar-refractivity contribution in [2.24, 2.45) is 0 Å². The standard InChI is InChI=1S/C14H16N4O3/c15-10-11(17-14(21)18-12(10)19)13(20)16-8-4-7-9-5-2-1-3-6-9/h1-3,5-6H,4,7-8,15H2,(H,16,20)(H2,17,18,19,21). The van der Waals surface area contributed by atoms with Gasteiger partial charge < -0.3 is 16.0 Å². The summed E-state index contributed by atoms with van der Waals surface area (Å²) in [5.74, 6) is -0.566. The average molecular weight is 288 g/mol. The van der Waals surface area contributed by atoms with Gasteiger partial charge >= 0.3 is 5.69 Å². The zero-order valence-corrected chi connectivity index (χ0v) is 11.3. The van der Waals surface area contributed by atoms with Gasteiger partial charge in [0, 0.05) is 6.54 Å². The number of anilines is 1. The number of H-pyrrole nitrogens is 2. The molecule has 7 nitrogen and oxygen atoms in total. The van der Waals surface area contributed by atoms with Crippen molar-refractivity contribution in [3.8, 4) is 0 Å². The Morgan fingerprint density at radius 2 is 1.86 bits per heavy atom. The van der Waals surface area contributed by atoms with Gasteiger partial charge in [0.25, 0.3) is 11.5 Å². The SMILES string of the molecule is Nc1c(C(=O)NCCCc2ccccc2)[nH]c(=O)[nH]c1=O. The van der Waals surface area contributed by atoms with Crippen LogP contribution in [0.3, 0.4) is 0 Å². The van der Waals surface area contributed by atoms with E-state index in [1.807, 2.05) is 35.3 Å². The van der Waals surface area contributed by atoms with Gasteiger partial charge in [0.1, 0.15) is 11.4 Å². The van der Waals surface area contributed by atoms with Crippen molar-refractivity contribution in [1.82, 2.24) is 15.3 Å². The number of amides is 1. The van der Waals surface area contributed by atoms with Gasteiger partial charge in [-0.25, -0.2) is 4.79 Å². The highest BCUT2D eigenvalue weighted by Gasteiger charge is 2.13. The summed E-state index contributed by atoms with van der Waals surface area (Å²) < 4.78 is 0. The molecule has 2 aromatic rings. The summed E-state index contributed by atoms with van der Waals surface area (Å²) >= 11 is 0. The number of carbonyl (C=O) groups excluding carboxylic acids is 1. The minimum Gasteiger partial charge on any atom is -0.392 e. The van der Waals surface area contributed by atoms with E-state index in [1.54, 1.807) is 0 Å². The molecule has 110 valence electrons. The van der Waals surface area contributed by atoms with Crippen molar-refractivity contribution in [1.29, 1.82) is 0 Å². The summed E-state index contributed by atoms with van der Waals surface area (Å²) in [5, 5.41) is 2.62. The molecule has 0 aliphatic rings. The van der Waals surface area contributed by atoms with E-state index in [9.17, 15) is 14.4 Å². The van der Waals surface area contributed by atoms with Gasteiger partial charge in [-0.2, -0.15) is 0 Å². The fraction of sp³-hybridized carbons (Fsp3) is 0.214. The Kier molecular flexibility index (Phi) is 4.55. The maximum atomic E-state index is 11.9. The quantitative estimate of drug-likeness (QED) is 0.579. The summed E-state index contributed by atoms with van der Waals surface area (Å²) in [5.41, 5.74) is 4.62. The van der Waals surface area contributed by atoms with Crippen LogP contribution in [0.4, 0.5) is 5.69 Å². The maximum absolute atomic E-state index is 11.9. The first kappa shape index (κ1) is 14.6. The third-order valence-corrected chi connectivity index (χ3v) is 2.98. The molecule has 0 atom stereocenters. The van der Waals surface area contributed by atoms with E-state index in [0.29, 0.717) is 6.54 Å². The summed E-state index contributed by atoms with van der Waals surface area (Å²) in [4.78, 5) is 38.5. The largest absolute Gasteiger partial charge is 0.392 e. The number of hydrogen-bond acceptors (Lipinski definition) is 4. The second kappa shape index (κ2) is 6.56. The molecular weight excluding hydrogens is 272 g/mol. The van der Waals surface area contributed by atoms with E-state index in [2.05, 4.69) is 10.3 Å². The number of rotatable bonds is 5. The molecule has 0 aliphatic carbocycles. The van der Waals surface area contributed by atoms with Gasteiger partial charge in [0.2, 0.25) is 0 Å². The number of nitrogen functional groups attached to an aromatic ring is 1. The van der Waals surface area contributed by atoms with Gasteiger partial charge in [-0.1, -0.05) is 30.3 Å². The Hall–Kier alpha value is -2.83. The van der Waals surface area contributed by atoms with Crippen molar-refractivity contribution < 1.29 is 4.79 Å². The molecule has 0 aliphatic heterocycles. The van der Waals surface area contributed by atoms with Crippen LogP contribution in [0.1, 0.15) is 22.5 Å². The lowest BCUT2D eigenvalue weighted by molar-refractivity contribution is 0.0948.